The maximum atomic E-state index is 8.80. The first kappa shape index (κ1) is 14.6. The highest BCUT2D eigenvalue weighted by Gasteiger charge is 2.10. The monoisotopic (exact) mass is 355 g/mol. The number of oxime groups is 1. The van der Waals surface area contributed by atoms with Crippen molar-refractivity contribution in [2.45, 2.75) is 6.61 Å². The molecule has 0 fully saturated rings. The second kappa shape index (κ2) is 6.58. The van der Waals surface area contributed by atoms with Crippen LogP contribution in [0.4, 0.5) is 0 Å². The van der Waals surface area contributed by atoms with Gasteiger partial charge in [0.1, 0.15) is 12.4 Å². The first-order chi connectivity index (χ1) is 9.61. The number of aromatic nitrogens is 1. The smallest absolute Gasteiger partial charge is 0.173 e. The molecule has 0 saturated heterocycles. The van der Waals surface area contributed by atoms with Crippen LogP contribution in [-0.4, -0.2) is 16.0 Å². The number of hydrogen-bond donors (Lipinski definition) is 2. The third-order valence-electron chi connectivity index (χ3n) is 2.56. The minimum Gasteiger partial charge on any atom is -0.488 e. The van der Waals surface area contributed by atoms with E-state index >= 15 is 0 Å². The molecule has 1 aromatic carbocycles. The molecule has 0 aliphatic heterocycles. The number of nitrogens with zero attached hydrogens (tertiary/aromatic N) is 2. The number of amidine groups is 1. The summed E-state index contributed by atoms with van der Waals surface area (Å²) in [5, 5.41) is 12.3. The van der Waals surface area contributed by atoms with Crippen LogP contribution in [-0.2, 0) is 6.61 Å². The average molecular weight is 357 g/mol. The molecule has 0 atom stereocenters. The molecule has 0 aliphatic rings. The summed E-state index contributed by atoms with van der Waals surface area (Å²) in [6, 6.07) is 7.01. The van der Waals surface area contributed by atoms with Crippen LogP contribution in [0.1, 0.15) is 11.1 Å². The van der Waals surface area contributed by atoms with Gasteiger partial charge in [-0.25, -0.2) is 0 Å². The number of pyridine rings is 1. The minimum atomic E-state index is -0.0258. The number of halogens is 2. The Morgan fingerprint density at radius 3 is 2.95 bits per heavy atom. The van der Waals surface area contributed by atoms with E-state index in [0.717, 1.165) is 10.0 Å². The van der Waals surface area contributed by atoms with E-state index in [1.165, 1.54) is 0 Å². The van der Waals surface area contributed by atoms with Gasteiger partial charge in [-0.15, -0.1) is 0 Å². The fraction of sp³-hybridized carbons (Fsp3) is 0.0769. The van der Waals surface area contributed by atoms with Crippen molar-refractivity contribution in [1.29, 1.82) is 0 Å². The van der Waals surface area contributed by atoms with E-state index in [2.05, 4.69) is 26.1 Å². The summed E-state index contributed by atoms with van der Waals surface area (Å²) in [6.07, 6.45) is 3.18. The molecule has 0 aliphatic carbocycles. The molecule has 0 unspecified atom stereocenters. The summed E-state index contributed by atoms with van der Waals surface area (Å²) in [5.41, 5.74) is 6.92. The predicted octanol–water partition coefficient (Wildman–Crippen LogP) is 3.17. The van der Waals surface area contributed by atoms with E-state index in [4.69, 9.17) is 27.3 Å². The van der Waals surface area contributed by atoms with E-state index in [-0.39, 0.29) is 12.4 Å². The van der Waals surface area contributed by atoms with Crippen LogP contribution in [0.2, 0.25) is 5.02 Å². The van der Waals surface area contributed by atoms with Gasteiger partial charge in [0.2, 0.25) is 0 Å². The third kappa shape index (κ3) is 3.40. The second-order valence-corrected chi connectivity index (χ2v) is 5.20. The molecule has 1 heterocycles. The van der Waals surface area contributed by atoms with E-state index in [0.29, 0.717) is 16.3 Å². The Balaban J connectivity index is 2.24. The Labute approximate surface area is 129 Å². The second-order valence-electron chi connectivity index (χ2n) is 3.88. The zero-order valence-corrected chi connectivity index (χ0v) is 12.6. The highest BCUT2D eigenvalue weighted by molar-refractivity contribution is 9.10. The van der Waals surface area contributed by atoms with Crippen LogP contribution in [0, 0.1) is 0 Å². The molecule has 0 radical (unpaired) electrons. The number of benzene rings is 1. The molecule has 0 amide bonds. The fourth-order valence-corrected chi connectivity index (χ4v) is 2.09. The van der Waals surface area contributed by atoms with Crippen molar-refractivity contribution in [1.82, 2.24) is 4.98 Å². The van der Waals surface area contributed by atoms with Gasteiger partial charge in [0.25, 0.3) is 0 Å². The van der Waals surface area contributed by atoms with Crippen LogP contribution >= 0.6 is 27.5 Å². The topological polar surface area (TPSA) is 80.7 Å². The molecule has 7 heteroatoms. The standard InChI is InChI=1S/C13H11BrClN3O2/c14-9-1-2-12(10(5-9)13(16)18-19)20-7-8-3-4-17-6-11(8)15/h1-6,19H,7H2,(H2,16,18). The zero-order valence-electron chi connectivity index (χ0n) is 10.3. The first-order valence-electron chi connectivity index (χ1n) is 5.60. The van der Waals surface area contributed by atoms with Crippen LogP contribution < -0.4 is 10.5 Å². The van der Waals surface area contributed by atoms with E-state index < -0.39 is 0 Å². The third-order valence-corrected chi connectivity index (χ3v) is 3.40. The number of ether oxygens (including phenoxy) is 1. The van der Waals surface area contributed by atoms with Gasteiger partial charge in [0.05, 0.1) is 10.6 Å². The summed E-state index contributed by atoms with van der Waals surface area (Å²) in [6.45, 7) is 0.259. The largest absolute Gasteiger partial charge is 0.488 e. The first-order valence-corrected chi connectivity index (χ1v) is 6.77. The van der Waals surface area contributed by atoms with Gasteiger partial charge in [0, 0.05) is 22.4 Å². The average Bonchev–Trinajstić information content (AvgIpc) is 2.46. The molecular formula is C13H11BrClN3O2. The Morgan fingerprint density at radius 1 is 1.45 bits per heavy atom. The molecular weight excluding hydrogens is 346 g/mol. The molecule has 2 aromatic rings. The van der Waals surface area contributed by atoms with Crippen LogP contribution in [0.25, 0.3) is 0 Å². The lowest BCUT2D eigenvalue weighted by atomic mass is 10.2. The van der Waals surface area contributed by atoms with Crippen LogP contribution in [0.15, 0.2) is 46.3 Å². The van der Waals surface area contributed by atoms with Gasteiger partial charge in [-0.2, -0.15) is 0 Å². The fourth-order valence-electron chi connectivity index (χ4n) is 1.56. The van der Waals surface area contributed by atoms with E-state index in [1.807, 2.05) is 0 Å². The van der Waals surface area contributed by atoms with Crippen molar-refractivity contribution < 1.29 is 9.94 Å². The van der Waals surface area contributed by atoms with Gasteiger partial charge in [-0.05, 0) is 24.3 Å². The normalized spacial score (nSPS) is 11.4. The highest BCUT2D eigenvalue weighted by atomic mass is 79.9. The maximum Gasteiger partial charge on any atom is 0.173 e. The summed E-state index contributed by atoms with van der Waals surface area (Å²) < 4.78 is 6.48. The molecule has 1 aromatic heterocycles. The van der Waals surface area contributed by atoms with Crippen molar-refractivity contribution >= 4 is 33.4 Å². The van der Waals surface area contributed by atoms with Gasteiger partial charge < -0.3 is 15.7 Å². The highest BCUT2D eigenvalue weighted by Crippen LogP contribution is 2.25. The van der Waals surface area contributed by atoms with Gasteiger partial charge >= 0.3 is 0 Å². The van der Waals surface area contributed by atoms with Gasteiger partial charge in [-0.1, -0.05) is 32.7 Å². The Bertz CT molecular complexity index is 649. The number of hydrogen-bond acceptors (Lipinski definition) is 4. The van der Waals surface area contributed by atoms with E-state index in [9.17, 15) is 0 Å². The molecule has 104 valence electrons. The van der Waals surface area contributed by atoms with Crippen molar-refractivity contribution in [3.05, 3.63) is 57.3 Å². The lowest BCUT2D eigenvalue weighted by Gasteiger charge is -2.11. The van der Waals surface area contributed by atoms with Crippen molar-refractivity contribution in [3.63, 3.8) is 0 Å². The minimum absolute atomic E-state index is 0.0258. The van der Waals surface area contributed by atoms with Crippen LogP contribution in [0.3, 0.4) is 0 Å². The van der Waals surface area contributed by atoms with Crippen molar-refractivity contribution in [2.75, 3.05) is 0 Å². The number of nitrogens with two attached hydrogens (primary N) is 1. The molecule has 0 spiro atoms. The molecule has 20 heavy (non-hydrogen) atoms. The van der Waals surface area contributed by atoms with Gasteiger partial charge in [0.15, 0.2) is 5.84 Å². The van der Waals surface area contributed by atoms with Crippen molar-refractivity contribution in [2.24, 2.45) is 10.9 Å². The molecule has 5 nitrogen and oxygen atoms in total. The van der Waals surface area contributed by atoms with E-state index in [1.54, 1.807) is 36.7 Å². The molecule has 0 saturated carbocycles. The Hall–Kier alpha value is -1.79. The lowest BCUT2D eigenvalue weighted by molar-refractivity contribution is 0.303. The number of rotatable bonds is 4. The molecule has 3 N–H and O–H groups in total. The Morgan fingerprint density at radius 2 is 2.25 bits per heavy atom. The summed E-state index contributed by atoms with van der Waals surface area (Å²) in [4.78, 5) is 3.90. The summed E-state index contributed by atoms with van der Waals surface area (Å²) >= 11 is 9.33. The maximum absolute atomic E-state index is 8.80. The van der Waals surface area contributed by atoms with Crippen molar-refractivity contribution in [3.8, 4) is 5.75 Å². The molecule has 2 rings (SSSR count). The molecule has 0 bridgehead atoms. The van der Waals surface area contributed by atoms with Crippen LogP contribution in [0.5, 0.6) is 5.75 Å². The quantitative estimate of drug-likeness (QED) is 0.381. The summed E-state index contributed by atoms with van der Waals surface area (Å²) in [7, 11) is 0. The van der Waals surface area contributed by atoms with Gasteiger partial charge in [-0.3, -0.25) is 4.98 Å². The zero-order chi connectivity index (χ0) is 14.5. The SMILES string of the molecule is N/C(=N/O)c1cc(Br)ccc1OCc1ccncc1Cl. The summed E-state index contributed by atoms with van der Waals surface area (Å²) in [5.74, 6) is 0.471. The Kier molecular flexibility index (Phi) is 4.81. The lowest BCUT2D eigenvalue weighted by Crippen LogP contribution is -2.15. The predicted molar refractivity (Wildman–Crippen MR) is 80.2 cm³/mol.